The lowest BCUT2D eigenvalue weighted by Gasteiger charge is -2.14. The summed E-state index contributed by atoms with van der Waals surface area (Å²) in [6.07, 6.45) is 0.609. The first-order chi connectivity index (χ1) is 13.4. The smallest absolute Gasteiger partial charge is 0.254 e. The van der Waals surface area contributed by atoms with Crippen LogP contribution < -0.4 is 10.9 Å². The van der Waals surface area contributed by atoms with E-state index in [0.717, 1.165) is 5.56 Å². The van der Waals surface area contributed by atoms with Crippen molar-refractivity contribution in [2.75, 3.05) is 5.32 Å². The SMILES string of the molecule is CCc1cc(=O)n(CC(=O)Nc2cc(Cl)ccc2C)c(-c2cccc(Cl)c2)n1. The fourth-order valence-electron chi connectivity index (χ4n) is 2.80. The van der Waals surface area contributed by atoms with Gasteiger partial charge in [-0.25, -0.2) is 4.98 Å². The lowest BCUT2D eigenvalue weighted by molar-refractivity contribution is -0.116. The first-order valence-corrected chi connectivity index (χ1v) is 9.55. The van der Waals surface area contributed by atoms with Gasteiger partial charge in [0, 0.05) is 33.1 Å². The van der Waals surface area contributed by atoms with Crippen LogP contribution in [-0.2, 0) is 17.8 Å². The summed E-state index contributed by atoms with van der Waals surface area (Å²) in [5.74, 6) is 0.0617. The molecule has 0 unspecified atom stereocenters. The van der Waals surface area contributed by atoms with E-state index in [0.29, 0.717) is 39.2 Å². The molecule has 0 radical (unpaired) electrons. The molecule has 7 heteroatoms. The zero-order valence-electron chi connectivity index (χ0n) is 15.5. The first-order valence-electron chi connectivity index (χ1n) is 8.80. The number of benzene rings is 2. The molecule has 3 aromatic rings. The number of carbonyl (C=O) groups is 1. The predicted octanol–water partition coefficient (Wildman–Crippen LogP) is 4.73. The average Bonchev–Trinajstić information content (AvgIpc) is 2.66. The fourth-order valence-corrected chi connectivity index (χ4v) is 3.16. The molecule has 0 aliphatic carbocycles. The van der Waals surface area contributed by atoms with Gasteiger partial charge in [0.1, 0.15) is 12.4 Å². The summed E-state index contributed by atoms with van der Waals surface area (Å²) in [6.45, 7) is 3.61. The van der Waals surface area contributed by atoms with Gasteiger partial charge < -0.3 is 5.32 Å². The summed E-state index contributed by atoms with van der Waals surface area (Å²) in [6, 6.07) is 13.7. The number of aryl methyl sites for hydroxylation is 2. The second kappa shape index (κ2) is 8.59. The third-order valence-electron chi connectivity index (χ3n) is 4.28. The molecule has 1 N–H and O–H groups in total. The summed E-state index contributed by atoms with van der Waals surface area (Å²) in [4.78, 5) is 29.9. The van der Waals surface area contributed by atoms with Crippen molar-refractivity contribution in [1.29, 1.82) is 0 Å². The van der Waals surface area contributed by atoms with E-state index >= 15 is 0 Å². The second-order valence-electron chi connectivity index (χ2n) is 6.37. The van der Waals surface area contributed by atoms with Crippen LogP contribution in [0.1, 0.15) is 18.2 Å². The Morgan fingerprint density at radius 1 is 1.11 bits per heavy atom. The minimum atomic E-state index is -0.346. The van der Waals surface area contributed by atoms with Crippen LogP contribution in [0.2, 0.25) is 10.0 Å². The molecule has 28 heavy (non-hydrogen) atoms. The molecule has 5 nitrogen and oxygen atoms in total. The molecule has 2 aromatic carbocycles. The highest BCUT2D eigenvalue weighted by molar-refractivity contribution is 6.31. The average molecular weight is 416 g/mol. The maximum atomic E-state index is 12.7. The molecule has 0 aliphatic heterocycles. The molecule has 3 rings (SSSR count). The first kappa shape index (κ1) is 20.1. The van der Waals surface area contributed by atoms with Crippen LogP contribution in [0.3, 0.4) is 0 Å². The van der Waals surface area contributed by atoms with Crippen LogP contribution in [0.25, 0.3) is 11.4 Å². The summed E-state index contributed by atoms with van der Waals surface area (Å²) in [7, 11) is 0. The van der Waals surface area contributed by atoms with Crippen molar-refractivity contribution >= 4 is 34.8 Å². The Morgan fingerprint density at radius 2 is 1.86 bits per heavy atom. The second-order valence-corrected chi connectivity index (χ2v) is 7.24. The van der Waals surface area contributed by atoms with Gasteiger partial charge >= 0.3 is 0 Å². The molecule has 0 fully saturated rings. The quantitative estimate of drug-likeness (QED) is 0.654. The third-order valence-corrected chi connectivity index (χ3v) is 4.75. The standard InChI is InChI=1S/C21H19Cl2N3O2/c1-3-17-11-20(28)26(21(24-17)14-5-4-6-15(22)9-14)12-19(27)25-18-10-16(23)8-7-13(18)2/h4-11H,3,12H2,1-2H3,(H,25,27). The van der Waals surface area contributed by atoms with Gasteiger partial charge in [-0.2, -0.15) is 0 Å². The Kier molecular flexibility index (Phi) is 6.17. The normalized spacial score (nSPS) is 10.7. The van der Waals surface area contributed by atoms with Crippen molar-refractivity contribution in [2.45, 2.75) is 26.8 Å². The summed E-state index contributed by atoms with van der Waals surface area (Å²) in [5.41, 5.74) is 2.52. The lowest BCUT2D eigenvalue weighted by atomic mass is 10.2. The van der Waals surface area contributed by atoms with Crippen molar-refractivity contribution in [1.82, 2.24) is 9.55 Å². The van der Waals surface area contributed by atoms with Gasteiger partial charge in [-0.1, -0.05) is 48.3 Å². The van der Waals surface area contributed by atoms with Crippen LogP contribution in [0.4, 0.5) is 5.69 Å². The van der Waals surface area contributed by atoms with E-state index in [1.807, 2.05) is 26.0 Å². The van der Waals surface area contributed by atoms with E-state index < -0.39 is 0 Å². The van der Waals surface area contributed by atoms with E-state index in [1.165, 1.54) is 10.6 Å². The summed E-state index contributed by atoms with van der Waals surface area (Å²) < 4.78 is 1.35. The van der Waals surface area contributed by atoms with E-state index in [9.17, 15) is 9.59 Å². The molecule has 0 saturated carbocycles. The van der Waals surface area contributed by atoms with E-state index in [-0.39, 0.29) is 18.0 Å². The molecular weight excluding hydrogens is 397 g/mol. The van der Waals surface area contributed by atoms with Gasteiger partial charge in [-0.3, -0.25) is 14.2 Å². The van der Waals surface area contributed by atoms with Crippen molar-refractivity contribution in [3.8, 4) is 11.4 Å². The van der Waals surface area contributed by atoms with Gasteiger partial charge in [0.05, 0.1) is 0 Å². The van der Waals surface area contributed by atoms with E-state index in [2.05, 4.69) is 10.3 Å². The number of hydrogen-bond acceptors (Lipinski definition) is 3. The van der Waals surface area contributed by atoms with Crippen LogP contribution in [0.15, 0.2) is 53.3 Å². The number of nitrogens with zero attached hydrogens (tertiary/aromatic N) is 2. The Labute approximate surface area is 172 Å². The molecule has 1 amide bonds. The minimum absolute atomic E-state index is 0.177. The van der Waals surface area contributed by atoms with Gasteiger partial charge in [0.2, 0.25) is 5.91 Å². The fraction of sp³-hybridized carbons (Fsp3) is 0.190. The van der Waals surface area contributed by atoms with Crippen molar-refractivity contribution < 1.29 is 4.79 Å². The van der Waals surface area contributed by atoms with Crippen LogP contribution in [0, 0.1) is 6.92 Å². The Balaban J connectivity index is 1.98. The number of anilines is 1. The Hall–Kier alpha value is -2.63. The summed E-state index contributed by atoms with van der Waals surface area (Å²) >= 11 is 12.1. The molecule has 0 aliphatic rings. The molecular formula is C21H19Cl2N3O2. The Bertz CT molecular complexity index is 1090. The highest BCUT2D eigenvalue weighted by Gasteiger charge is 2.15. The molecule has 1 heterocycles. The molecule has 0 atom stereocenters. The van der Waals surface area contributed by atoms with Crippen LogP contribution >= 0.6 is 23.2 Å². The van der Waals surface area contributed by atoms with Crippen molar-refractivity contribution in [2.24, 2.45) is 0 Å². The Morgan fingerprint density at radius 3 is 2.57 bits per heavy atom. The van der Waals surface area contributed by atoms with Gasteiger partial charge in [0.25, 0.3) is 5.56 Å². The number of nitrogens with one attached hydrogen (secondary N) is 1. The molecule has 0 saturated heterocycles. The van der Waals surface area contributed by atoms with Crippen molar-refractivity contribution in [3.05, 3.63) is 80.2 Å². The van der Waals surface area contributed by atoms with Crippen LogP contribution in [-0.4, -0.2) is 15.5 Å². The van der Waals surface area contributed by atoms with Crippen molar-refractivity contribution in [3.63, 3.8) is 0 Å². The molecule has 144 valence electrons. The predicted molar refractivity (Wildman–Crippen MR) is 113 cm³/mol. The minimum Gasteiger partial charge on any atom is -0.324 e. The van der Waals surface area contributed by atoms with E-state index in [4.69, 9.17) is 23.2 Å². The number of hydrogen-bond donors (Lipinski definition) is 1. The maximum absolute atomic E-state index is 12.7. The zero-order valence-corrected chi connectivity index (χ0v) is 17.0. The highest BCUT2D eigenvalue weighted by Crippen LogP contribution is 2.22. The largest absolute Gasteiger partial charge is 0.324 e. The van der Waals surface area contributed by atoms with Gasteiger partial charge in [-0.05, 0) is 43.2 Å². The monoisotopic (exact) mass is 415 g/mol. The van der Waals surface area contributed by atoms with E-state index in [1.54, 1.807) is 30.3 Å². The number of halogens is 2. The maximum Gasteiger partial charge on any atom is 0.254 e. The third kappa shape index (κ3) is 4.61. The van der Waals surface area contributed by atoms with Gasteiger partial charge in [-0.15, -0.1) is 0 Å². The number of rotatable bonds is 5. The topological polar surface area (TPSA) is 64.0 Å². The zero-order chi connectivity index (χ0) is 20.3. The van der Waals surface area contributed by atoms with Gasteiger partial charge in [0.15, 0.2) is 0 Å². The molecule has 1 aromatic heterocycles. The molecule has 0 spiro atoms. The summed E-state index contributed by atoms with van der Waals surface area (Å²) in [5, 5.41) is 3.86. The number of carbonyl (C=O) groups excluding carboxylic acids is 1. The lowest BCUT2D eigenvalue weighted by Crippen LogP contribution is -2.30. The molecule has 0 bridgehead atoms. The number of amides is 1. The highest BCUT2D eigenvalue weighted by atomic mass is 35.5. The van der Waals surface area contributed by atoms with Crippen LogP contribution in [0.5, 0.6) is 0 Å². The number of aromatic nitrogens is 2.